The van der Waals surface area contributed by atoms with Crippen LogP contribution < -0.4 is 11.1 Å². The van der Waals surface area contributed by atoms with Crippen LogP contribution in [0.5, 0.6) is 0 Å². The van der Waals surface area contributed by atoms with Crippen LogP contribution in [0.3, 0.4) is 0 Å². The van der Waals surface area contributed by atoms with Gasteiger partial charge in [0.15, 0.2) is 5.96 Å². The fourth-order valence-corrected chi connectivity index (χ4v) is 0.379. The Kier molecular flexibility index (Phi) is 15.0. The van der Waals surface area contributed by atoms with Crippen LogP contribution >= 0.6 is 27.2 Å². The topological polar surface area (TPSA) is 88.2 Å². The first-order chi connectivity index (χ1) is 6.08. The van der Waals surface area contributed by atoms with Gasteiger partial charge < -0.3 is 15.8 Å². The molecule has 0 spiro atoms. The van der Waals surface area contributed by atoms with Gasteiger partial charge in [-0.3, -0.25) is 10.2 Å². The summed E-state index contributed by atoms with van der Waals surface area (Å²) >= 11 is 6.25. The SMILES string of the molecule is CCOC(=O)CNC(=N)N.[Br][Zn][Br]. The molecular formula is C5H11Br2N3O2Zn. The monoisotopic (exact) mass is 367 g/mol. The number of carbonyl (C=O) groups excluding carboxylic acids is 1. The molecule has 0 aromatic rings. The molecule has 0 rings (SSSR count). The van der Waals surface area contributed by atoms with E-state index in [9.17, 15) is 4.79 Å². The van der Waals surface area contributed by atoms with Crippen molar-refractivity contribution in [3.05, 3.63) is 0 Å². The summed E-state index contributed by atoms with van der Waals surface area (Å²) in [4.78, 5) is 10.5. The molecule has 0 aromatic heterocycles. The molecule has 74 valence electrons. The molecule has 0 saturated heterocycles. The zero-order valence-electron chi connectivity index (χ0n) is 7.27. The van der Waals surface area contributed by atoms with E-state index < -0.39 is 5.97 Å². The third kappa shape index (κ3) is 19.0. The Hall–Kier alpha value is 0.323. The van der Waals surface area contributed by atoms with Crippen LogP contribution in [-0.2, 0) is 22.7 Å². The van der Waals surface area contributed by atoms with Crippen molar-refractivity contribution in [2.24, 2.45) is 5.73 Å². The van der Waals surface area contributed by atoms with Gasteiger partial charge in [-0.2, -0.15) is 0 Å². The van der Waals surface area contributed by atoms with Crippen LogP contribution in [0.15, 0.2) is 0 Å². The summed E-state index contributed by atoms with van der Waals surface area (Å²) in [6.45, 7) is 2.02. The Morgan fingerprint density at radius 2 is 2.15 bits per heavy atom. The molecule has 0 fully saturated rings. The molecule has 0 aliphatic rings. The van der Waals surface area contributed by atoms with Gasteiger partial charge in [0, 0.05) is 0 Å². The maximum absolute atomic E-state index is 10.5. The van der Waals surface area contributed by atoms with Crippen molar-refractivity contribution in [1.29, 1.82) is 5.41 Å². The molecular weight excluding hydrogens is 359 g/mol. The summed E-state index contributed by atoms with van der Waals surface area (Å²) in [5, 5.41) is 9.00. The predicted molar refractivity (Wildman–Crippen MR) is 54.4 cm³/mol. The fourth-order valence-electron chi connectivity index (χ4n) is 0.379. The number of guanidine groups is 1. The van der Waals surface area contributed by atoms with Crippen LogP contribution in [0.4, 0.5) is 0 Å². The zero-order valence-corrected chi connectivity index (χ0v) is 13.4. The number of ether oxygens (including phenoxy) is 1. The summed E-state index contributed by atoms with van der Waals surface area (Å²) in [7, 11) is 0. The van der Waals surface area contributed by atoms with Gasteiger partial charge in [-0.25, -0.2) is 0 Å². The van der Waals surface area contributed by atoms with E-state index >= 15 is 0 Å². The molecule has 13 heavy (non-hydrogen) atoms. The number of rotatable bonds is 3. The molecule has 0 bridgehead atoms. The van der Waals surface area contributed by atoms with Crippen molar-refractivity contribution < 1.29 is 22.7 Å². The van der Waals surface area contributed by atoms with Gasteiger partial charge in [-0.15, -0.1) is 0 Å². The van der Waals surface area contributed by atoms with Crippen molar-refractivity contribution in [3.63, 3.8) is 0 Å². The van der Waals surface area contributed by atoms with Crippen LogP contribution in [-0.4, -0.2) is 25.1 Å². The summed E-state index contributed by atoms with van der Waals surface area (Å²) in [5.74, 6) is -0.634. The summed E-state index contributed by atoms with van der Waals surface area (Å²) in [6, 6.07) is 0. The van der Waals surface area contributed by atoms with Crippen molar-refractivity contribution in [2.45, 2.75) is 6.92 Å². The Morgan fingerprint density at radius 1 is 1.69 bits per heavy atom. The Labute approximate surface area is 98.0 Å². The molecule has 0 aliphatic carbocycles. The average molecular weight is 370 g/mol. The van der Waals surface area contributed by atoms with Gasteiger partial charge in [-0.1, -0.05) is 0 Å². The van der Waals surface area contributed by atoms with E-state index in [1.807, 2.05) is 0 Å². The molecule has 0 unspecified atom stereocenters. The van der Waals surface area contributed by atoms with Gasteiger partial charge in [0.05, 0.1) is 6.61 Å². The molecule has 0 aromatic carbocycles. The van der Waals surface area contributed by atoms with Gasteiger partial charge in [0.1, 0.15) is 6.54 Å². The summed E-state index contributed by atoms with van der Waals surface area (Å²) in [5.41, 5.74) is 4.90. The Balaban J connectivity index is 0. The molecule has 0 amide bonds. The van der Waals surface area contributed by atoms with Crippen molar-refractivity contribution in [1.82, 2.24) is 5.32 Å². The van der Waals surface area contributed by atoms with Gasteiger partial charge in [-0.05, 0) is 6.92 Å². The third-order valence-corrected chi connectivity index (χ3v) is 0.729. The Bertz CT molecular complexity index is 159. The quantitative estimate of drug-likeness (QED) is 0.296. The second kappa shape index (κ2) is 12.3. The van der Waals surface area contributed by atoms with Crippen molar-refractivity contribution in [2.75, 3.05) is 13.2 Å². The number of esters is 1. The van der Waals surface area contributed by atoms with Crippen LogP contribution in [0, 0.1) is 5.41 Å². The number of carbonyl (C=O) groups is 1. The van der Waals surface area contributed by atoms with Crippen LogP contribution in [0.1, 0.15) is 6.92 Å². The van der Waals surface area contributed by atoms with Crippen LogP contribution in [0.2, 0.25) is 0 Å². The second-order valence-electron chi connectivity index (χ2n) is 1.67. The van der Waals surface area contributed by atoms with E-state index in [1.54, 1.807) is 6.92 Å². The van der Waals surface area contributed by atoms with E-state index in [2.05, 4.69) is 37.3 Å². The number of halogens is 2. The maximum atomic E-state index is 10.5. The molecule has 0 heterocycles. The first kappa shape index (κ1) is 15.8. The van der Waals surface area contributed by atoms with E-state index in [4.69, 9.17) is 11.1 Å². The average Bonchev–Trinajstić information content (AvgIpc) is 2.03. The standard InChI is InChI=1S/C5H11N3O2.2BrH.Zn/c1-2-10-4(9)3-8-5(6)7;;;/h2-3H2,1H3,(H4,6,7,8);2*1H;/q;;;+2/p-2. The van der Waals surface area contributed by atoms with E-state index in [-0.39, 0.29) is 25.7 Å². The van der Waals surface area contributed by atoms with E-state index in [0.717, 1.165) is 0 Å². The molecule has 0 saturated carbocycles. The minimum atomic E-state index is -0.405. The number of hydrogen-bond acceptors (Lipinski definition) is 3. The number of nitrogens with two attached hydrogens (primary N) is 1. The third-order valence-electron chi connectivity index (χ3n) is 0.729. The molecule has 0 aliphatic heterocycles. The second-order valence-corrected chi connectivity index (χ2v) is 15.7. The van der Waals surface area contributed by atoms with Gasteiger partial charge in [0.2, 0.25) is 0 Å². The van der Waals surface area contributed by atoms with Crippen molar-refractivity contribution >= 4 is 39.2 Å². The fraction of sp³-hybridized carbons (Fsp3) is 0.600. The molecule has 5 nitrogen and oxygen atoms in total. The zero-order chi connectivity index (χ0) is 10.7. The molecule has 0 atom stereocenters. The first-order valence-electron chi connectivity index (χ1n) is 3.43. The summed E-state index contributed by atoms with van der Waals surface area (Å²) < 4.78 is 4.54. The minimum absolute atomic E-state index is 0.0385. The van der Waals surface area contributed by atoms with Crippen LogP contribution in [0.25, 0.3) is 0 Å². The van der Waals surface area contributed by atoms with Gasteiger partial charge in [0.25, 0.3) is 0 Å². The normalized spacial score (nSPS) is 7.31. The summed E-state index contributed by atoms with van der Waals surface area (Å²) in [6.07, 6.45) is 0. The number of nitrogens with one attached hydrogen (secondary N) is 2. The molecule has 0 radical (unpaired) electrons. The first-order valence-corrected chi connectivity index (χ1v) is 17.3. The Morgan fingerprint density at radius 3 is 2.46 bits per heavy atom. The van der Waals surface area contributed by atoms with E-state index in [1.165, 1.54) is 0 Å². The predicted octanol–water partition coefficient (Wildman–Crippen LogP) is 0.721. The van der Waals surface area contributed by atoms with Gasteiger partial charge >= 0.3 is 46.4 Å². The molecule has 8 heteroatoms. The number of hydrogen-bond donors (Lipinski definition) is 3. The van der Waals surface area contributed by atoms with E-state index in [0.29, 0.717) is 6.61 Å². The molecule has 4 N–H and O–H groups in total. The van der Waals surface area contributed by atoms with Crippen molar-refractivity contribution in [3.8, 4) is 0 Å².